The fourth-order valence-electron chi connectivity index (χ4n) is 12.6. The molecule has 1 nitrogen and oxygen atoms in total. The molecule has 2 heterocycles. The minimum Gasteiger partial charge on any atom is -0.309 e. The van der Waals surface area contributed by atoms with Gasteiger partial charge in [-0.25, -0.2) is 0 Å². The van der Waals surface area contributed by atoms with Crippen LogP contribution in [0.3, 0.4) is 0 Å². The fourth-order valence-corrected chi connectivity index (χ4v) is 13.7. The van der Waals surface area contributed by atoms with Crippen LogP contribution in [0.4, 0.5) is 0 Å². The highest BCUT2D eigenvalue weighted by atomic mass is 32.1. The first kappa shape index (κ1) is 33.2. The van der Waals surface area contributed by atoms with Gasteiger partial charge in [-0.3, -0.25) is 0 Å². The van der Waals surface area contributed by atoms with Crippen molar-refractivity contribution < 1.29 is 0 Å². The summed E-state index contributed by atoms with van der Waals surface area (Å²) in [6.45, 7) is 0. The molecule has 0 N–H and O–H groups in total. The van der Waals surface area contributed by atoms with Crippen molar-refractivity contribution in [1.29, 1.82) is 0 Å². The molecule has 10 aromatic carbocycles. The van der Waals surface area contributed by atoms with E-state index in [-0.39, 0.29) is 0 Å². The topological polar surface area (TPSA) is 4.93 Å². The van der Waals surface area contributed by atoms with Gasteiger partial charge in [0.1, 0.15) is 0 Å². The van der Waals surface area contributed by atoms with E-state index in [0.717, 1.165) is 0 Å². The zero-order valence-corrected chi connectivity index (χ0v) is 34.4. The maximum atomic E-state index is 2.65. The molecule has 3 aliphatic carbocycles. The van der Waals surface area contributed by atoms with E-state index in [0.29, 0.717) is 0 Å². The van der Waals surface area contributed by atoms with Gasteiger partial charge in [-0.2, -0.15) is 0 Å². The lowest BCUT2D eigenvalue weighted by atomic mass is 9.52. The Hall–Kier alpha value is -7.52. The molecule has 0 aliphatic heterocycles. The molecule has 2 heteroatoms. The van der Waals surface area contributed by atoms with Crippen molar-refractivity contribution in [1.82, 2.24) is 4.57 Å². The van der Waals surface area contributed by atoms with Gasteiger partial charge < -0.3 is 4.57 Å². The number of fused-ring (bicyclic) bond motifs is 24. The van der Waals surface area contributed by atoms with E-state index in [9.17, 15) is 0 Å². The Morgan fingerprint density at radius 3 is 1.40 bits per heavy atom. The van der Waals surface area contributed by atoms with Crippen LogP contribution in [0, 0.1) is 0 Å². The van der Waals surface area contributed by atoms with Crippen LogP contribution < -0.4 is 0 Å². The molecule has 2 aromatic heterocycles. The second kappa shape index (κ2) is 11.6. The van der Waals surface area contributed by atoms with Gasteiger partial charge in [-0.1, -0.05) is 170 Å². The number of aromatic nitrogens is 1. The summed E-state index contributed by atoms with van der Waals surface area (Å²) in [7, 11) is 0. The quantitative estimate of drug-likeness (QED) is 0.156. The Labute approximate surface area is 362 Å². The summed E-state index contributed by atoms with van der Waals surface area (Å²) in [5.74, 6) is 0. The number of rotatable bonds is 1. The Balaban J connectivity index is 1.19. The van der Waals surface area contributed by atoms with Crippen LogP contribution in [0.5, 0.6) is 0 Å². The molecule has 286 valence electrons. The van der Waals surface area contributed by atoms with Crippen LogP contribution in [0.25, 0.3) is 80.7 Å². The van der Waals surface area contributed by atoms with Crippen LogP contribution in [0.2, 0.25) is 0 Å². The molecule has 0 saturated heterocycles. The zero-order chi connectivity index (χ0) is 40.3. The Morgan fingerprint density at radius 2 is 0.790 bits per heavy atom. The standard InChI is InChI=1S/C60H35NS/c1-2-16-38-36(15-1)29-31-54-58(38)45-34-52-53(35-55(45)61(54)37-30-32-57-44(33-37)43-21-7-14-28-56(43)62-57)60(48-24-10-5-19-41(48)42-20-6-11-25-49(42)60)51-27-13-12-26-50(51)59(52)46-22-8-3-17-39(46)40-18-4-9-23-47(40)59/h1-35H. The predicted molar refractivity (Wildman–Crippen MR) is 259 cm³/mol. The third-order valence-electron chi connectivity index (χ3n) is 14.9. The first-order chi connectivity index (χ1) is 30.8. The normalized spacial score (nSPS) is 14.7. The zero-order valence-electron chi connectivity index (χ0n) is 33.6. The van der Waals surface area contributed by atoms with Crippen molar-refractivity contribution in [2.75, 3.05) is 0 Å². The monoisotopic (exact) mass is 801 g/mol. The largest absolute Gasteiger partial charge is 0.309 e. The van der Waals surface area contributed by atoms with Crippen LogP contribution >= 0.6 is 11.3 Å². The highest BCUT2D eigenvalue weighted by Gasteiger charge is 2.59. The number of hydrogen-bond donors (Lipinski definition) is 0. The summed E-state index contributed by atoms with van der Waals surface area (Å²) in [4.78, 5) is 0. The molecule has 0 bridgehead atoms. The maximum Gasteiger partial charge on any atom is 0.0720 e. The van der Waals surface area contributed by atoms with Gasteiger partial charge >= 0.3 is 0 Å². The summed E-state index contributed by atoms with van der Waals surface area (Å²) in [6, 6.07) is 81.3. The molecule has 0 unspecified atom stereocenters. The second-order valence-corrected chi connectivity index (χ2v) is 18.5. The fraction of sp³-hybridized carbons (Fsp3) is 0.0333. The van der Waals surface area contributed by atoms with Crippen molar-refractivity contribution in [3.8, 4) is 27.9 Å². The van der Waals surface area contributed by atoms with Crippen LogP contribution in [-0.4, -0.2) is 4.57 Å². The summed E-state index contributed by atoms with van der Waals surface area (Å²) < 4.78 is 5.21. The average molecular weight is 802 g/mol. The molecule has 2 spiro atoms. The summed E-state index contributed by atoms with van der Waals surface area (Å²) in [5.41, 5.74) is 18.6. The number of hydrogen-bond acceptors (Lipinski definition) is 1. The lowest BCUT2D eigenvalue weighted by Gasteiger charge is -2.49. The molecule has 0 fully saturated rings. The van der Waals surface area contributed by atoms with E-state index in [1.54, 1.807) is 0 Å². The molecule has 0 radical (unpaired) electrons. The molecule has 0 saturated carbocycles. The van der Waals surface area contributed by atoms with E-state index >= 15 is 0 Å². The molecule has 15 rings (SSSR count). The van der Waals surface area contributed by atoms with Crippen LogP contribution in [-0.2, 0) is 10.8 Å². The molecular formula is C60H35NS. The molecule has 0 amide bonds. The SMILES string of the molecule is c1ccc2c(c1)-c1ccccc1C21c2ccccc2C2(c3ccccc3-c3ccccc32)c2cc3c(cc21)c1c2ccccc2ccc1n3-c1ccc2sc3ccccc3c2c1. The van der Waals surface area contributed by atoms with Gasteiger partial charge in [0, 0.05) is 36.6 Å². The summed E-state index contributed by atoms with van der Waals surface area (Å²) in [6.07, 6.45) is 0. The summed E-state index contributed by atoms with van der Waals surface area (Å²) in [5, 5.41) is 7.72. The molecule has 0 atom stereocenters. The van der Waals surface area contributed by atoms with E-state index in [2.05, 4.69) is 217 Å². The van der Waals surface area contributed by atoms with Crippen molar-refractivity contribution in [3.05, 3.63) is 257 Å². The Morgan fingerprint density at radius 1 is 0.306 bits per heavy atom. The van der Waals surface area contributed by atoms with Gasteiger partial charge in [0.2, 0.25) is 0 Å². The van der Waals surface area contributed by atoms with E-state index in [1.807, 2.05) is 11.3 Å². The average Bonchev–Trinajstić information content (AvgIpc) is 4.05. The summed E-state index contributed by atoms with van der Waals surface area (Å²) >= 11 is 1.88. The van der Waals surface area contributed by atoms with E-state index in [1.165, 1.54) is 125 Å². The van der Waals surface area contributed by atoms with Gasteiger partial charge in [-0.05, 0) is 120 Å². The number of benzene rings is 10. The minimum absolute atomic E-state index is 0.557. The van der Waals surface area contributed by atoms with Gasteiger partial charge in [-0.15, -0.1) is 11.3 Å². The molecule has 62 heavy (non-hydrogen) atoms. The molecular weight excluding hydrogens is 767 g/mol. The minimum atomic E-state index is -0.568. The van der Waals surface area contributed by atoms with Gasteiger partial charge in [0.15, 0.2) is 0 Å². The van der Waals surface area contributed by atoms with E-state index < -0.39 is 10.8 Å². The highest BCUT2D eigenvalue weighted by molar-refractivity contribution is 7.25. The first-order valence-electron chi connectivity index (χ1n) is 21.7. The molecule has 12 aromatic rings. The predicted octanol–water partition coefficient (Wildman–Crippen LogP) is 15.3. The first-order valence-corrected chi connectivity index (χ1v) is 22.5. The van der Waals surface area contributed by atoms with Crippen molar-refractivity contribution in [2.24, 2.45) is 0 Å². The number of thiophene rings is 1. The second-order valence-electron chi connectivity index (χ2n) is 17.4. The van der Waals surface area contributed by atoms with Crippen LogP contribution in [0.1, 0.15) is 44.5 Å². The third-order valence-corrected chi connectivity index (χ3v) is 16.0. The van der Waals surface area contributed by atoms with Crippen molar-refractivity contribution in [3.63, 3.8) is 0 Å². The number of nitrogens with zero attached hydrogens (tertiary/aromatic N) is 1. The Kier molecular flexibility index (Phi) is 6.24. The van der Waals surface area contributed by atoms with E-state index in [4.69, 9.17) is 0 Å². The maximum absolute atomic E-state index is 2.65. The van der Waals surface area contributed by atoms with Crippen LogP contribution in [0.15, 0.2) is 212 Å². The van der Waals surface area contributed by atoms with Gasteiger partial charge in [0.25, 0.3) is 0 Å². The van der Waals surface area contributed by atoms with Crippen molar-refractivity contribution >= 4 is 64.1 Å². The van der Waals surface area contributed by atoms with Gasteiger partial charge in [0.05, 0.1) is 21.9 Å². The lowest BCUT2D eigenvalue weighted by molar-refractivity contribution is 0.634. The third kappa shape index (κ3) is 3.79. The lowest BCUT2D eigenvalue weighted by Crippen LogP contribution is -2.43. The molecule has 3 aliphatic rings. The van der Waals surface area contributed by atoms with Crippen molar-refractivity contribution in [2.45, 2.75) is 10.8 Å². The smallest absolute Gasteiger partial charge is 0.0720 e. The Bertz CT molecular complexity index is 3860. The highest BCUT2D eigenvalue weighted by Crippen LogP contribution is 2.68.